The van der Waals surface area contributed by atoms with Gasteiger partial charge in [0.1, 0.15) is 0 Å². The monoisotopic (exact) mass is 185 g/mol. The van der Waals surface area contributed by atoms with Crippen LogP contribution in [0.4, 0.5) is 0 Å². The van der Waals surface area contributed by atoms with Crippen LogP contribution in [0.3, 0.4) is 0 Å². The van der Waals surface area contributed by atoms with Gasteiger partial charge in [0.2, 0.25) is 0 Å². The standard InChI is InChI=1S/C8H11NO4/c10-5-7-2-1-3-8(4-7)6-13-9(11)12/h1-4,10-12H,5-6H2. The summed E-state index contributed by atoms with van der Waals surface area (Å²) in [4.78, 5) is 4.39. The van der Waals surface area contributed by atoms with E-state index in [9.17, 15) is 0 Å². The predicted molar refractivity (Wildman–Crippen MR) is 42.6 cm³/mol. The van der Waals surface area contributed by atoms with Crippen LogP contribution in [0.25, 0.3) is 0 Å². The lowest BCUT2D eigenvalue weighted by Crippen LogP contribution is -2.13. The van der Waals surface area contributed by atoms with Crippen molar-refractivity contribution in [2.75, 3.05) is 0 Å². The van der Waals surface area contributed by atoms with E-state index in [1.165, 1.54) is 0 Å². The molecular weight excluding hydrogens is 174 g/mol. The molecule has 0 amide bonds. The Kier molecular flexibility index (Phi) is 3.81. The molecule has 0 bridgehead atoms. The van der Waals surface area contributed by atoms with Crippen LogP contribution in [0.5, 0.6) is 0 Å². The Morgan fingerprint density at radius 3 is 2.54 bits per heavy atom. The molecule has 0 spiro atoms. The lowest BCUT2D eigenvalue weighted by Gasteiger charge is -2.06. The maximum absolute atomic E-state index is 8.79. The highest BCUT2D eigenvalue weighted by Crippen LogP contribution is 2.06. The van der Waals surface area contributed by atoms with Crippen molar-refractivity contribution >= 4 is 0 Å². The molecule has 0 saturated heterocycles. The third-order valence-corrected chi connectivity index (χ3v) is 1.52. The first kappa shape index (κ1) is 10.1. The quantitative estimate of drug-likeness (QED) is 0.602. The van der Waals surface area contributed by atoms with Gasteiger partial charge in [-0.3, -0.25) is 10.4 Å². The Morgan fingerprint density at radius 2 is 1.92 bits per heavy atom. The largest absolute Gasteiger partial charge is 0.392 e. The predicted octanol–water partition coefficient (Wildman–Crippen LogP) is 0.691. The van der Waals surface area contributed by atoms with Gasteiger partial charge in [-0.05, 0) is 11.1 Å². The molecule has 5 nitrogen and oxygen atoms in total. The molecule has 0 heterocycles. The summed E-state index contributed by atoms with van der Waals surface area (Å²) in [6.07, 6.45) is 0. The van der Waals surface area contributed by atoms with Gasteiger partial charge in [-0.15, -0.1) is 0 Å². The van der Waals surface area contributed by atoms with Gasteiger partial charge in [0.25, 0.3) is 0 Å². The first-order chi connectivity index (χ1) is 6.22. The molecule has 1 rings (SSSR count). The fourth-order valence-electron chi connectivity index (χ4n) is 0.950. The zero-order chi connectivity index (χ0) is 9.68. The van der Waals surface area contributed by atoms with Gasteiger partial charge in [0.05, 0.1) is 18.6 Å². The summed E-state index contributed by atoms with van der Waals surface area (Å²) in [5, 5.41) is 25.0. The van der Waals surface area contributed by atoms with E-state index in [-0.39, 0.29) is 18.6 Å². The van der Waals surface area contributed by atoms with Crippen LogP contribution in [-0.2, 0) is 18.1 Å². The van der Waals surface area contributed by atoms with Crippen molar-refractivity contribution in [1.82, 2.24) is 5.39 Å². The van der Waals surface area contributed by atoms with Gasteiger partial charge in [-0.1, -0.05) is 24.3 Å². The van der Waals surface area contributed by atoms with Crippen molar-refractivity contribution in [3.63, 3.8) is 0 Å². The number of aliphatic hydroxyl groups excluding tert-OH is 1. The molecule has 0 aromatic heterocycles. The topological polar surface area (TPSA) is 73.2 Å². The minimum atomic E-state index is -0.342. The van der Waals surface area contributed by atoms with E-state index in [4.69, 9.17) is 15.5 Å². The number of hydrogen-bond acceptors (Lipinski definition) is 5. The minimum Gasteiger partial charge on any atom is -0.392 e. The third-order valence-electron chi connectivity index (χ3n) is 1.52. The molecule has 0 unspecified atom stereocenters. The summed E-state index contributed by atoms with van der Waals surface area (Å²) in [5.41, 5.74) is 1.50. The highest BCUT2D eigenvalue weighted by Gasteiger charge is 1.98. The van der Waals surface area contributed by atoms with Crippen molar-refractivity contribution in [3.05, 3.63) is 35.4 Å². The Hall–Kier alpha value is -0.980. The number of aliphatic hydroxyl groups is 1. The second-order valence-electron chi connectivity index (χ2n) is 2.50. The molecule has 0 fully saturated rings. The van der Waals surface area contributed by atoms with Gasteiger partial charge in [0, 0.05) is 0 Å². The number of hydrogen-bond donors (Lipinski definition) is 3. The van der Waals surface area contributed by atoms with E-state index < -0.39 is 0 Å². The summed E-state index contributed by atoms with van der Waals surface area (Å²) in [6.45, 7) is -0.00333. The second-order valence-corrected chi connectivity index (χ2v) is 2.50. The molecule has 3 N–H and O–H groups in total. The number of nitrogens with zero attached hydrogens (tertiary/aromatic N) is 1. The fraction of sp³-hybridized carbons (Fsp3) is 0.250. The molecule has 5 heteroatoms. The van der Waals surface area contributed by atoms with Crippen molar-refractivity contribution in [2.24, 2.45) is 0 Å². The highest BCUT2D eigenvalue weighted by molar-refractivity contribution is 5.22. The normalized spacial score (nSPS) is 10.8. The molecule has 1 aromatic carbocycles. The van der Waals surface area contributed by atoms with Crippen molar-refractivity contribution < 1.29 is 20.4 Å². The van der Waals surface area contributed by atoms with Crippen LogP contribution in [0.1, 0.15) is 11.1 Å². The van der Waals surface area contributed by atoms with Crippen LogP contribution >= 0.6 is 0 Å². The van der Waals surface area contributed by atoms with Gasteiger partial charge >= 0.3 is 0 Å². The summed E-state index contributed by atoms with van der Waals surface area (Å²) in [5.74, 6) is 0. The summed E-state index contributed by atoms with van der Waals surface area (Å²) < 4.78 is 0. The van der Waals surface area contributed by atoms with E-state index in [1.54, 1.807) is 24.3 Å². The van der Waals surface area contributed by atoms with Gasteiger partial charge in [0.15, 0.2) is 0 Å². The van der Waals surface area contributed by atoms with Crippen LogP contribution in [0, 0.1) is 0 Å². The third kappa shape index (κ3) is 3.49. The molecule has 0 saturated carbocycles. The van der Waals surface area contributed by atoms with Crippen LogP contribution in [0.2, 0.25) is 0 Å². The lowest BCUT2D eigenvalue weighted by molar-refractivity contribution is -0.497. The van der Waals surface area contributed by atoms with Gasteiger partial charge in [-0.2, -0.15) is 0 Å². The van der Waals surface area contributed by atoms with E-state index >= 15 is 0 Å². The van der Waals surface area contributed by atoms with Crippen molar-refractivity contribution in [2.45, 2.75) is 13.2 Å². The average molecular weight is 185 g/mol. The van der Waals surface area contributed by atoms with E-state index in [1.807, 2.05) is 0 Å². The highest BCUT2D eigenvalue weighted by atomic mass is 17.1. The Bertz CT molecular complexity index is 264. The fourth-order valence-corrected chi connectivity index (χ4v) is 0.950. The summed E-state index contributed by atoms with van der Waals surface area (Å²) in [7, 11) is 0. The molecule has 0 aliphatic heterocycles. The number of benzene rings is 1. The zero-order valence-electron chi connectivity index (χ0n) is 6.92. The van der Waals surface area contributed by atoms with E-state index in [0.29, 0.717) is 0 Å². The maximum Gasteiger partial charge on any atom is 0.0987 e. The van der Waals surface area contributed by atoms with Gasteiger partial charge < -0.3 is 5.11 Å². The molecule has 0 aliphatic rings. The van der Waals surface area contributed by atoms with Gasteiger partial charge in [-0.25, -0.2) is 4.84 Å². The van der Waals surface area contributed by atoms with Crippen LogP contribution in [0.15, 0.2) is 24.3 Å². The molecule has 13 heavy (non-hydrogen) atoms. The smallest absolute Gasteiger partial charge is 0.0987 e. The van der Waals surface area contributed by atoms with E-state index in [0.717, 1.165) is 11.1 Å². The lowest BCUT2D eigenvalue weighted by atomic mass is 10.1. The molecule has 72 valence electrons. The Labute approximate surface area is 75.3 Å². The first-order valence-corrected chi connectivity index (χ1v) is 3.72. The van der Waals surface area contributed by atoms with Crippen LogP contribution < -0.4 is 0 Å². The van der Waals surface area contributed by atoms with E-state index in [2.05, 4.69) is 4.84 Å². The molecule has 0 radical (unpaired) electrons. The van der Waals surface area contributed by atoms with Crippen molar-refractivity contribution in [3.8, 4) is 0 Å². The first-order valence-electron chi connectivity index (χ1n) is 3.72. The SMILES string of the molecule is OCc1cccc(CON(O)O)c1. The zero-order valence-corrected chi connectivity index (χ0v) is 6.92. The number of rotatable bonds is 4. The molecule has 0 atom stereocenters. The molecule has 0 aliphatic carbocycles. The average Bonchev–Trinajstić information content (AvgIpc) is 2.15. The molecule has 1 aromatic rings. The van der Waals surface area contributed by atoms with Crippen molar-refractivity contribution in [1.29, 1.82) is 0 Å². The Morgan fingerprint density at radius 1 is 1.23 bits per heavy atom. The second kappa shape index (κ2) is 4.90. The van der Waals surface area contributed by atoms with Crippen LogP contribution in [-0.4, -0.2) is 20.9 Å². The summed E-state index contributed by atoms with van der Waals surface area (Å²) >= 11 is 0. The molecular formula is C8H11NO4. The minimum absolute atomic E-state index is 0.0425. The Balaban J connectivity index is 2.56. The maximum atomic E-state index is 8.79. The summed E-state index contributed by atoms with van der Waals surface area (Å²) in [6, 6.07) is 6.98.